The van der Waals surface area contributed by atoms with Gasteiger partial charge in [-0.1, -0.05) is 54.4 Å². The zero-order valence-corrected chi connectivity index (χ0v) is 20.5. The molecule has 34 heavy (non-hydrogen) atoms. The second-order valence-corrected chi connectivity index (χ2v) is 11.0. The van der Waals surface area contributed by atoms with E-state index in [1.807, 2.05) is 30.1 Å². The summed E-state index contributed by atoms with van der Waals surface area (Å²) in [5.74, 6) is -0.278. The number of benzene rings is 2. The molecule has 5 nitrogen and oxygen atoms in total. The van der Waals surface area contributed by atoms with Gasteiger partial charge in [0.1, 0.15) is 5.82 Å². The van der Waals surface area contributed by atoms with Crippen LogP contribution in [0.5, 0.6) is 0 Å². The summed E-state index contributed by atoms with van der Waals surface area (Å²) < 4.78 is 28.5. The third-order valence-electron chi connectivity index (χ3n) is 7.46. The second-order valence-electron chi connectivity index (χ2n) is 9.71. The lowest BCUT2D eigenvalue weighted by molar-refractivity contribution is -0.134. The Morgan fingerprint density at radius 2 is 1.88 bits per heavy atom. The lowest BCUT2D eigenvalue weighted by Crippen LogP contribution is -2.56. The molecule has 3 heterocycles. The number of hydrogen-bond acceptors (Lipinski definition) is 5. The Balaban J connectivity index is 1.33. The molecule has 3 aliphatic rings. The van der Waals surface area contributed by atoms with Crippen LogP contribution in [0.1, 0.15) is 54.5 Å². The number of carbonyl (C=O) groups excluding carboxylic acids is 1. The second kappa shape index (κ2) is 10.4. The van der Waals surface area contributed by atoms with Crippen LogP contribution < -0.4 is 5.32 Å². The van der Waals surface area contributed by atoms with Gasteiger partial charge in [-0.25, -0.2) is 8.70 Å². The molecule has 2 aromatic rings. The van der Waals surface area contributed by atoms with Crippen LogP contribution in [0.2, 0.25) is 0 Å². The molecule has 5 rings (SSSR count). The molecule has 3 saturated heterocycles. The summed E-state index contributed by atoms with van der Waals surface area (Å²) >= 11 is 1.82. The number of halogens is 1. The molecule has 7 heteroatoms. The first-order chi connectivity index (χ1) is 16.5. The maximum atomic E-state index is 15.5. The summed E-state index contributed by atoms with van der Waals surface area (Å²) in [6.07, 6.45) is 3.33. The highest BCUT2D eigenvalue weighted by Gasteiger charge is 2.43. The first-order valence-electron chi connectivity index (χ1n) is 12.3. The first-order valence-corrected chi connectivity index (χ1v) is 13.1. The summed E-state index contributed by atoms with van der Waals surface area (Å²) in [5, 5.41) is 3.49. The third-order valence-corrected chi connectivity index (χ3v) is 8.98. The molecule has 1 unspecified atom stereocenters. The topological polar surface area (TPSA) is 50.8 Å². The Kier molecular flexibility index (Phi) is 7.25. The van der Waals surface area contributed by atoms with Crippen molar-refractivity contribution in [1.29, 1.82) is 0 Å². The summed E-state index contributed by atoms with van der Waals surface area (Å²) in [5.41, 5.74) is 1.99. The molecule has 1 N–H and O–H groups in total. The number of carbonyl (C=O) groups is 1. The van der Waals surface area contributed by atoms with Crippen molar-refractivity contribution in [3.8, 4) is 0 Å². The van der Waals surface area contributed by atoms with Gasteiger partial charge < -0.3 is 14.8 Å². The minimum absolute atomic E-state index is 0.0397. The lowest BCUT2D eigenvalue weighted by Gasteiger charge is -2.39. The molecule has 2 aromatic carbocycles. The molecule has 182 valence electrons. The van der Waals surface area contributed by atoms with Crippen LogP contribution in [-0.2, 0) is 26.2 Å². The molecule has 0 saturated carbocycles. The van der Waals surface area contributed by atoms with Crippen molar-refractivity contribution < 1.29 is 18.7 Å². The smallest absolute Gasteiger partial charge is 0.231 e. The Morgan fingerprint density at radius 3 is 2.56 bits per heavy atom. The van der Waals surface area contributed by atoms with Crippen molar-refractivity contribution in [1.82, 2.24) is 9.62 Å². The summed E-state index contributed by atoms with van der Waals surface area (Å²) in [7, 11) is 0. The van der Waals surface area contributed by atoms with Gasteiger partial charge in [-0.2, -0.15) is 0 Å². The van der Waals surface area contributed by atoms with Gasteiger partial charge in [0.2, 0.25) is 5.91 Å². The van der Waals surface area contributed by atoms with Crippen LogP contribution in [0.25, 0.3) is 0 Å². The summed E-state index contributed by atoms with van der Waals surface area (Å²) in [6, 6.07) is 16.4. The maximum Gasteiger partial charge on any atom is 0.231 e. The van der Waals surface area contributed by atoms with Crippen LogP contribution >= 0.6 is 11.9 Å². The van der Waals surface area contributed by atoms with Crippen LogP contribution in [0, 0.1) is 5.82 Å². The Bertz CT molecular complexity index is 995. The highest BCUT2D eigenvalue weighted by Crippen LogP contribution is 2.43. The van der Waals surface area contributed by atoms with E-state index in [1.54, 1.807) is 6.07 Å². The van der Waals surface area contributed by atoms with Crippen molar-refractivity contribution in [3.05, 3.63) is 71.0 Å². The number of rotatable bonds is 6. The quantitative estimate of drug-likeness (QED) is 0.599. The van der Waals surface area contributed by atoms with Gasteiger partial charge in [0.05, 0.1) is 24.7 Å². The number of hydrogen-bond donors (Lipinski definition) is 1. The van der Waals surface area contributed by atoms with E-state index in [9.17, 15) is 4.79 Å². The molecule has 0 aliphatic carbocycles. The first kappa shape index (κ1) is 23.8. The molecule has 2 atom stereocenters. The van der Waals surface area contributed by atoms with Gasteiger partial charge in [0.25, 0.3) is 0 Å². The number of amides is 1. The van der Waals surface area contributed by atoms with Gasteiger partial charge in [0, 0.05) is 36.6 Å². The van der Waals surface area contributed by atoms with E-state index < -0.39 is 5.41 Å². The van der Waals surface area contributed by atoms with Crippen molar-refractivity contribution in [2.45, 2.75) is 61.9 Å². The van der Waals surface area contributed by atoms with Gasteiger partial charge >= 0.3 is 0 Å². The summed E-state index contributed by atoms with van der Waals surface area (Å²) in [6.45, 7) is 4.85. The molecule has 0 bridgehead atoms. The fourth-order valence-corrected chi connectivity index (χ4v) is 6.47. The van der Waals surface area contributed by atoms with Crippen molar-refractivity contribution in [2.24, 2.45) is 0 Å². The van der Waals surface area contributed by atoms with E-state index >= 15 is 4.39 Å². The van der Waals surface area contributed by atoms with Crippen molar-refractivity contribution in [3.63, 3.8) is 0 Å². The van der Waals surface area contributed by atoms with E-state index in [2.05, 4.69) is 40.8 Å². The lowest BCUT2D eigenvalue weighted by atomic mass is 9.73. The number of ether oxygens (including phenoxy) is 2. The molecule has 3 fully saturated rings. The average molecular weight is 485 g/mol. The monoisotopic (exact) mass is 484 g/mol. The fraction of sp³-hybridized carbons (Fsp3) is 0.519. The van der Waals surface area contributed by atoms with Crippen LogP contribution in [0.4, 0.5) is 4.39 Å². The molecule has 0 aromatic heterocycles. The molecule has 1 amide bonds. The minimum atomic E-state index is -0.751. The predicted octanol–water partition coefficient (Wildman–Crippen LogP) is 4.76. The molecular weight excluding hydrogens is 451 g/mol. The normalized spacial score (nSPS) is 25.5. The molecule has 0 spiro atoms. The van der Waals surface area contributed by atoms with Crippen LogP contribution in [0.15, 0.2) is 48.5 Å². The number of nitrogens with zero attached hydrogens (tertiary/aromatic N) is 1. The largest absolute Gasteiger partial charge is 0.381 e. The molecule has 3 aliphatic heterocycles. The van der Waals surface area contributed by atoms with Crippen LogP contribution in [0.3, 0.4) is 0 Å². The fourth-order valence-electron chi connectivity index (χ4n) is 5.10. The van der Waals surface area contributed by atoms with Gasteiger partial charge in [-0.15, -0.1) is 0 Å². The standard InChI is InChI=1S/C27H33FN2O3S/c1-19-7-10-25(20-5-3-2-4-6-20)34-30(19)16-21-8-9-22(15-24(21)28)27(11-13-32-14-12-27)26(31)29-23-17-33-18-23/h2-6,8-9,15,19,23,25H,7,10-14,16-18H2,1H3,(H,29,31)/t19-,25?/m0/s1. The molecular formula is C27H33FN2O3S. The highest BCUT2D eigenvalue weighted by molar-refractivity contribution is 7.97. The zero-order valence-electron chi connectivity index (χ0n) is 19.7. The SMILES string of the molecule is C[C@H]1CCC(c2ccccc2)SN1Cc1ccc(C2(C(=O)NC3COC3)CCOCC2)cc1F. The van der Waals surface area contributed by atoms with E-state index in [0.717, 1.165) is 18.4 Å². The van der Waals surface area contributed by atoms with E-state index in [4.69, 9.17) is 9.47 Å². The third kappa shape index (κ3) is 4.89. The zero-order chi connectivity index (χ0) is 23.5. The van der Waals surface area contributed by atoms with Crippen molar-refractivity contribution in [2.75, 3.05) is 26.4 Å². The molecule has 0 radical (unpaired) electrons. The van der Waals surface area contributed by atoms with E-state index in [-0.39, 0.29) is 17.8 Å². The van der Waals surface area contributed by atoms with E-state index in [1.165, 1.54) is 5.56 Å². The van der Waals surface area contributed by atoms with Gasteiger partial charge in [0.15, 0.2) is 0 Å². The predicted molar refractivity (Wildman–Crippen MR) is 132 cm³/mol. The minimum Gasteiger partial charge on any atom is -0.381 e. The van der Waals surface area contributed by atoms with Crippen molar-refractivity contribution >= 4 is 17.9 Å². The Morgan fingerprint density at radius 1 is 1.12 bits per heavy atom. The average Bonchev–Trinajstić information content (AvgIpc) is 2.84. The summed E-state index contributed by atoms with van der Waals surface area (Å²) in [4.78, 5) is 13.3. The van der Waals surface area contributed by atoms with Crippen LogP contribution in [-0.4, -0.2) is 48.7 Å². The maximum absolute atomic E-state index is 15.5. The van der Waals surface area contributed by atoms with E-state index in [0.29, 0.717) is 62.7 Å². The number of nitrogens with one attached hydrogen (secondary N) is 1. The van der Waals surface area contributed by atoms with Gasteiger partial charge in [-0.05, 0) is 49.8 Å². The van der Waals surface area contributed by atoms with Gasteiger partial charge in [-0.3, -0.25) is 4.79 Å². The Labute approximate surface area is 205 Å². The Hall–Kier alpha value is -1.93. The highest BCUT2D eigenvalue weighted by atomic mass is 32.2.